The molecule has 2 aromatic rings. The number of guanidine groups is 1. The van der Waals surface area contributed by atoms with Crippen LogP contribution in [0, 0.1) is 11.3 Å². The van der Waals surface area contributed by atoms with Gasteiger partial charge in [0, 0.05) is 12.6 Å². The van der Waals surface area contributed by atoms with E-state index in [1.54, 1.807) is 12.1 Å². The summed E-state index contributed by atoms with van der Waals surface area (Å²) in [7, 11) is 6.09. The molecule has 27 heavy (non-hydrogen) atoms. The number of benzene rings is 2. The largest absolute Gasteiger partial charge is 0.504 e. The Morgan fingerprint density at radius 2 is 1.89 bits per heavy atom. The number of nitrogens with one attached hydrogen (secondary N) is 2. The molecule has 0 aromatic heterocycles. The van der Waals surface area contributed by atoms with E-state index in [9.17, 15) is 5.11 Å². The Morgan fingerprint density at radius 3 is 2.52 bits per heavy atom. The predicted molar refractivity (Wildman–Crippen MR) is 113 cm³/mol. The molecule has 0 aliphatic heterocycles. The van der Waals surface area contributed by atoms with Crippen molar-refractivity contribution in [3.8, 4) is 11.8 Å². The van der Waals surface area contributed by atoms with Gasteiger partial charge in [0.15, 0.2) is 5.75 Å². The van der Waals surface area contributed by atoms with Crippen molar-refractivity contribution in [1.29, 1.82) is 5.26 Å². The lowest BCUT2D eigenvalue weighted by molar-refractivity contribution is -0.497. The van der Waals surface area contributed by atoms with E-state index in [0.29, 0.717) is 11.3 Å². The summed E-state index contributed by atoms with van der Waals surface area (Å²) in [5, 5.41) is 25.8. The normalized spacial score (nSPS) is 11.7. The van der Waals surface area contributed by atoms with E-state index in [2.05, 4.69) is 50.1 Å². The highest BCUT2D eigenvalue weighted by Crippen LogP contribution is 2.25. The van der Waals surface area contributed by atoms with Crippen LogP contribution in [0.15, 0.2) is 46.9 Å². The van der Waals surface area contributed by atoms with E-state index in [1.807, 2.05) is 37.4 Å². The summed E-state index contributed by atoms with van der Waals surface area (Å²) in [5.74, 6) is 0.767. The maximum Gasteiger partial charge on any atom is 0.355 e. The number of nitrogens with zero attached hydrogens (tertiary/aromatic N) is 3. The number of rotatable bonds is 6. The Bertz CT molecular complexity index is 858. The predicted octanol–water partition coefficient (Wildman–Crippen LogP) is 3.50. The zero-order valence-corrected chi connectivity index (χ0v) is 17.4. The van der Waals surface area contributed by atoms with Crippen molar-refractivity contribution in [3.63, 3.8) is 0 Å². The van der Waals surface area contributed by atoms with Gasteiger partial charge in [0.1, 0.15) is 11.4 Å². The summed E-state index contributed by atoms with van der Waals surface area (Å²) in [4.78, 5) is 2.15. The molecule has 0 atom stereocenters. The first-order valence-electron chi connectivity index (χ1n) is 8.65. The van der Waals surface area contributed by atoms with Gasteiger partial charge in [-0.05, 0) is 60.7 Å². The summed E-state index contributed by atoms with van der Waals surface area (Å²) in [6.45, 7) is 1.81. The number of aromatic hydroxyl groups is 1. The van der Waals surface area contributed by atoms with E-state index >= 15 is 0 Å². The molecule has 0 unspecified atom stereocenters. The number of halogens is 1. The van der Waals surface area contributed by atoms with Crippen LogP contribution in [0.2, 0.25) is 0 Å². The molecule has 0 radical (unpaired) electrons. The van der Waals surface area contributed by atoms with Crippen molar-refractivity contribution < 1.29 is 9.68 Å². The van der Waals surface area contributed by atoms with Gasteiger partial charge in [0.25, 0.3) is 0 Å². The standard InChI is InChI=1S/C20H24BrN5O/c1-25(2)11-6-12-26(3)20(23-17-8-5-4-7-16(17)21)24-18-10-9-15(14-22)13-19(18)27/h4-5,7-10,13H,6,11-12H2,1-3H3,(H2,23,24,27)/p+1. The van der Waals surface area contributed by atoms with Gasteiger partial charge < -0.3 is 10.0 Å². The molecular weight excluding hydrogens is 406 g/mol. The smallest absolute Gasteiger partial charge is 0.355 e. The van der Waals surface area contributed by atoms with Crippen LogP contribution in [-0.2, 0) is 0 Å². The maximum atomic E-state index is 10.2. The number of phenols is 1. The topological polar surface area (TPSA) is 74.3 Å². The molecule has 0 aliphatic carbocycles. The molecule has 0 saturated heterocycles. The van der Waals surface area contributed by atoms with Crippen molar-refractivity contribution in [2.45, 2.75) is 6.42 Å². The number of nitriles is 1. The van der Waals surface area contributed by atoms with Gasteiger partial charge in [-0.2, -0.15) is 5.26 Å². The highest BCUT2D eigenvalue weighted by atomic mass is 79.9. The Balaban J connectivity index is 2.28. The van der Waals surface area contributed by atoms with Crippen molar-refractivity contribution in [2.24, 2.45) is 0 Å². The fourth-order valence-corrected chi connectivity index (χ4v) is 2.87. The van der Waals surface area contributed by atoms with Gasteiger partial charge in [0.2, 0.25) is 0 Å². The molecule has 0 bridgehead atoms. The third kappa shape index (κ3) is 6.27. The summed E-state index contributed by atoms with van der Waals surface area (Å²) < 4.78 is 3.01. The highest BCUT2D eigenvalue weighted by molar-refractivity contribution is 9.10. The fraction of sp³-hybridized carbons (Fsp3) is 0.300. The van der Waals surface area contributed by atoms with Gasteiger partial charge in [-0.15, -0.1) is 0 Å². The molecule has 2 aromatic carbocycles. The molecule has 0 spiro atoms. The number of hydrogen-bond acceptors (Lipinski definition) is 3. The molecule has 2 rings (SSSR count). The average Bonchev–Trinajstić information content (AvgIpc) is 2.63. The number of phenolic OH excluding ortho intramolecular Hbond substituents is 1. The van der Waals surface area contributed by atoms with Gasteiger partial charge >= 0.3 is 5.96 Å². The molecule has 6 nitrogen and oxygen atoms in total. The van der Waals surface area contributed by atoms with Crippen LogP contribution >= 0.6 is 15.9 Å². The summed E-state index contributed by atoms with van der Waals surface area (Å²) in [6.07, 6.45) is 0.992. The Labute approximate surface area is 168 Å². The molecule has 7 heteroatoms. The van der Waals surface area contributed by atoms with Crippen molar-refractivity contribution in [2.75, 3.05) is 44.9 Å². The summed E-state index contributed by atoms with van der Waals surface area (Å²) >= 11 is 3.55. The first-order chi connectivity index (χ1) is 12.9. The van der Waals surface area contributed by atoms with Crippen molar-refractivity contribution in [3.05, 3.63) is 52.5 Å². The number of hydrogen-bond donors (Lipinski definition) is 3. The van der Waals surface area contributed by atoms with E-state index in [1.165, 1.54) is 6.07 Å². The van der Waals surface area contributed by atoms with Crippen LogP contribution in [0.5, 0.6) is 5.75 Å². The number of anilines is 2. The zero-order valence-electron chi connectivity index (χ0n) is 15.8. The molecule has 0 heterocycles. The lowest BCUT2D eigenvalue weighted by atomic mass is 10.2. The fourth-order valence-electron chi connectivity index (χ4n) is 2.48. The van der Waals surface area contributed by atoms with E-state index in [4.69, 9.17) is 5.26 Å². The quantitative estimate of drug-likeness (QED) is 0.283. The van der Waals surface area contributed by atoms with Crippen LogP contribution < -0.4 is 10.6 Å². The van der Waals surface area contributed by atoms with E-state index in [0.717, 1.165) is 35.6 Å². The highest BCUT2D eigenvalue weighted by Gasteiger charge is 2.16. The van der Waals surface area contributed by atoms with Crippen LogP contribution in [-0.4, -0.2) is 54.8 Å². The molecule has 0 amide bonds. The minimum absolute atomic E-state index is 0.0298. The second-order valence-corrected chi connectivity index (χ2v) is 7.35. The molecule has 0 aliphatic rings. The molecular formula is C20H25BrN5O+. The van der Waals surface area contributed by atoms with Crippen LogP contribution in [0.25, 0.3) is 0 Å². The SMILES string of the molecule is CN(C)CCC[N+](C)=C(Nc1ccc(C#N)cc1O)Nc1ccccc1Br. The second-order valence-electron chi connectivity index (χ2n) is 6.50. The Hall–Kier alpha value is -2.56. The molecule has 0 saturated carbocycles. The van der Waals surface area contributed by atoms with Crippen LogP contribution in [0.1, 0.15) is 12.0 Å². The molecule has 142 valence electrons. The van der Waals surface area contributed by atoms with Crippen LogP contribution in [0.3, 0.4) is 0 Å². The molecule has 3 N–H and O–H groups in total. The van der Waals surface area contributed by atoms with Gasteiger partial charge in [-0.25, -0.2) is 10.6 Å². The van der Waals surface area contributed by atoms with Crippen LogP contribution in [0.4, 0.5) is 11.4 Å². The lowest BCUT2D eigenvalue weighted by Gasteiger charge is -2.14. The van der Waals surface area contributed by atoms with Crippen molar-refractivity contribution >= 4 is 33.3 Å². The number of para-hydroxylation sites is 1. The summed E-state index contributed by atoms with van der Waals surface area (Å²) in [6, 6.07) is 14.7. The first kappa shape index (κ1) is 20.7. The van der Waals surface area contributed by atoms with E-state index in [-0.39, 0.29) is 5.75 Å². The minimum Gasteiger partial charge on any atom is -0.504 e. The third-order valence-corrected chi connectivity index (χ3v) is 4.68. The van der Waals surface area contributed by atoms with Gasteiger partial charge in [-0.3, -0.25) is 4.58 Å². The van der Waals surface area contributed by atoms with E-state index < -0.39 is 0 Å². The maximum absolute atomic E-state index is 10.2. The first-order valence-corrected chi connectivity index (χ1v) is 9.44. The Kier molecular flexibility index (Phi) is 7.65. The average molecular weight is 431 g/mol. The lowest BCUT2D eigenvalue weighted by Crippen LogP contribution is -2.33. The van der Waals surface area contributed by atoms with Gasteiger partial charge in [0.05, 0.1) is 29.7 Å². The third-order valence-electron chi connectivity index (χ3n) is 3.99. The Morgan fingerprint density at radius 1 is 1.19 bits per heavy atom. The molecule has 0 fully saturated rings. The monoisotopic (exact) mass is 430 g/mol. The summed E-state index contributed by atoms with van der Waals surface area (Å²) in [5.41, 5.74) is 1.85. The minimum atomic E-state index is 0.0298. The second kappa shape index (κ2) is 9.95. The zero-order chi connectivity index (χ0) is 19.8. The van der Waals surface area contributed by atoms with Crippen molar-refractivity contribution in [1.82, 2.24) is 4.90 Å². The van der Waals surface area contributed by atoms with Gasteiger partial charge in [-0.1, -0.05) is 12.1 Å².